The van der Waals surface area contributed by atoms with E-state index in [1.54, 1.807) is 12.1 Å². The van der Waals surface area contributed by atoms with Crippen LogP contribution in [0.15, 0.2) is 18.2 Å². The lowest BCUT2D eigenvalue weighted by molar-refractivity contribution is 0.130. The molecule has 19 heavy (non-hydrogen) atoms. The highest BCUT2D eigenvalue weighted by molar-refractivity contribution is 5.41. The van der Waals surface area contributed by atoms with Crippen LogP contribution in [0, 0.1) is 5.92 Å². The van der Waals surface area contributed by atoms with Crippen LogP contribution in [0.25, 0.3) is 0 Å². The second kappa shape index (κ2) is 5.41. The zero-order valence-corrected chi connectivity index (χ0v) is 12.1. The van der Waals surface area contributed by atoms with Gasteiger partial charge in [0.1, 0.15) is 17.1 Å². The van der Waals surface area contributed by atoms with Crippen molar-refractivity contribution in [2.24, 2.45) is 11.7 Å². The number of nitrogens with two attached hydrogens (primary N) is 1. The number of hydrogen-bond donors (Lipinski definition) is 2. The zero-order chi connectivity index (χ0) is 14.0. The van der Waals surface area contributed by atoms with Crippen LogP contribution in [-0.4, -0.2) is 10.7 Å². The molecule has 0 amide bonds. The number of phenolic OH excluding ortho intramolecular Hbond substituents is 1. The molecule has 2 rings (SSSR count). The summed E-state index contributed by atoms with van der Waals surface area (Å²) in [5, 5.41) is 10.0. The SMILES string of the molecule is CC(C)(C)Oc1ccc(O)c([C@H](N)C2CCCC2)c1. The first-order chi connectivity index (χ1) is 8.87. The molecule has 0 aliphatic heterocycles. The summed E-state index contributed by atoms with van der Waals surface area (Å²) in [5.41, 5.74) is 6.89. The second-order valence-electron chi connectivity index (χ2n) is 6.51. The van der Waals surface area contributed by atoms with Gasteiger partial charge in [-0.2, -0.15) is 0 Å². The Morgan fingerprint density at radius 2 is 1.89 bits per heavy atom. The van der Waals surface area contributed by atoms with Crippen LogP contribution < -0.4 is 10.5 Å². The molecule has 0 saturated heterocycles. The molecule has 1 aromatic rings. The van der Waals surface area contributed by atoms with Gasteiger partial charge >= 0.3 is 0 Å². The summed E-state index contributed by atoms with van der Waals surface area (Å²) in [6.07, 6.45) is 4.81. The van der Waals surface area contributed by atoms with E-state index in [9.17, 15) is 5.11 Å². The molecule has 1 aromatic carbocycles. The standard InChI is InChI=1S/C16H25NO2/c1-16(2,3)19-12-8-9-14(18)13(10-12)15(17)11-6-4-5-7-11/h8-11,15,18H,4-7,17H2,1-3H3/t15-/m1/s1. The summed E-state index contributed by atoms with van der Waals surface area (Å²) in [5.74, 6) is 1.53. The minimum atomic E-state index is -0.244. The quantitative estimate of drug-likeness (QED) is 0.873. The normalized spacial score (nSPS) is 18.5. The van der Waals surface area contributed by atoms with Gasteiger partial charge in [-0.05, 0) is 57.7 Å². The van der Waals surface area contributed by atoms with Gasteiger partial charge in [-0.15, -0.1) is 0 Å². The molecule has 3 nitrogen and oxygen atoms in total. The largest absolute Gasteiger partial charge is 0.508 e. The van der Waals surface area contributed by atoms with Crippen molar-refractivity contribution in [3.63, 3.8) is 0 Å². The number of ether oxygens (including phenoxy) is 1. The van der Waals surface area contributed by atoms with Crippen LogP contribution in [0.3, 0.4) is 0 Å². The summed E-state index contributed by atoms with van der Waals surface area (Å²) >= 11 is 0. The highest BCUT2D eigenvalue weighted by Crippen LogP contribution is 2.38. The predicted molar refractivity (Wildman–Crippen MR) is 77.4 cm³/mol. The van der Waals surface area contributed by atoms with Crippen LogP contribution in [0.2, 0.25) is 0 Å². The first kappa shape index (κ1) is 14.2. The Kier molecular flexibility index (Phi) is 4.04. The molecule has 1 saturated carbocycles. The minimum absolute atomic E-state index is 0.0916. The lowest BCUT2D eigenvalue weighted by atomic mass is 9.92. The Morgan fingerprint density at radius 3 is 2.47 bits per heavy atom. The Bertz CT molecular complexity index is 431. The van der Waals surface area contributed by atoms with Crippen molar-refractivity contribution in [3.8, 4) is 11.5 Å². The number of aromatic hydroxyl groups is 1. The van der Waals surface area contributed by atoms with Gasteiger partial charge in [-0.1, -0.05) is 12.8 Å². The molecule has 0 spiro atoms. The van der Waals surface area contributed by atoms with Gasteiger partial charge in [0, 0.05) is 11.6 Å². The molecule has 3 heteroatoms. The number of benzene rings is 1. The van der Waals surface area contributed by atoms with Crippen LogP contribution in [0.5, 0.6) is 11.5 Å². The first-order valence-electron chi connectivity index (χ1n) is 7.14. The van der Waals surface area contributed by atoms with Crippen LogP contribution in [0.1, 0.15) is 58.1 Å². The fraction of sp³-hybridized carbons (Fsp3) is 0.625. The third-order valence-electron chi connectivity index (χ3n) is 3.69. The van der Waals surface area contributed by atoms with E-state index in [4.69, 9.17) is 10.5 Å². The third-order valence-corrected chi connectivity index (χ3v) is 3.69. The van der Waals surface area contributed by atoms with Gasteiger partial charge in [0.25, 0.3) is 0 Å². The number of phenols is 1. The van der Waals surface area contributed by atoms with E-state index < -0.39 is 0 Å². The molecule has 0 unspecified atom stereocenters. The Morgan fingerprint density at radius 1 is 1.26 bits per heavy atom. The summed E-state index contributed by atoms with van der Waals surface area (Å²) in [6.45, 7) is 6.03. The highest BCUT2D eigenvalue weighted by atomic mass is 16.5. The molecule has 1 fully saturated rings. The summed E-state index contributed by atoms with van der Waals surface area (Å²) in [6, 6.07) is 5.28. The fourth-order valence-corrected chi connectivity index (χ4v) is 2.79. The smallest absolute Gasteiger partial charge is 0.120 e. The van der Waals surface area contributed by atoms with Crippen molar-refractivity contribution >= 4 is 0 Å². The van der Waals surface area contributed by atoms with Crippen molar-refractivity contribution in [1.29, 1.82) is 0 Å². The van der Waals surface area contributed by atoms with Gasteiger partial charge < -0.3 is 15.6 Å². The summed E-state index contributed by atoms with van der Waals surface area (Å²) in [7, 11) is 0. The average molecular weight is 263 g/mol. The molecule has 0 radical (unpaired) electrons. The third kappa shape index (κ3) is 3.63. The maximum Gasteiger partial charge on any atom is 0.120 e. The zero-order valence-electron chi connectivity index (χ0n) is 12.1. The van der Waals surface area contributed by atoms with Crippen LogP contribution in [-0.2, 0) is 0 Å². The molecular weight excluding hydrogens is 238 g/mol. The lowest BCUT2D eigenvalue weighted by Gasteiger charge is -2.24. The van der Waals surface area contributed by atoms with Crippen molar-refractivity contribution in [2.45, 2.75) is 58.1 Å². The second-order valence-corrected chi connectivity index (χ2v) is 6.51. The molecule has 0 bridgehead atoms. The van der Waals surface area contributed by atoms with E-state index in [0.717, 1.165) is 24.2 Å². The number of hydrogen-bond acceptors (Lipinski definition) is 3. The predicted octanol–water partition coefficient (Wildman–Crippen LogP) is 3.76. The van der Waals surface area contributed by atoms with Crippen molar-refractivity contribution in [1.82, 2.24) is 0 Å². The molecule has 1 atom stereocenters. The molecular formula is C16H25NO2. The van der Waals surface area contributed by atoms with Gasteiger partial charge in [-0.25, -0.2) is 0 Å². The molecule has 1 aliphatic carbocycles. The van der Waals surface area contributed by atoms with E-state index in [1.807, 2.05) is 26.8 Å². The van der Waals surface area contributed by atoms with Crippen LogP contribution >= 0.6 is 0 Å². The Balaban J connectivity index is 2.21. The monoisotopic (exact) mass is 263 g/mol. The highest BCUT2D eigenvalue weighted by Gasteiger charge is 2.25. The topological polar surface area (TPSA) is 55.5 Å². The molecule has 0 aromatic heterocycles. The Labute approximate surface area is 115 Å². The summed E-state index contributed by atoms with van der Waals surface area (Å²) < 4.78 is 5.84. The maximum atomic E-state index is 10.0. The van der Waals surface area contributed by atoms with Gasteiger partial charge in [0.2, 0.25) is 0 Å². The van der Waals surface area contributed by atoms with Crippen molar-refractivity contribution < 1.29 is 9.84 Å². The summed E-state index contributed by atoms with van der Waals surface area (Å²) in [4.78, 5) is 0. The maximum absolute atomic E-state index is 10.0. The van der Waals surface area contributed by atoms with Gasteiger partial charge in [0.15, 0.2) is 0 Å². The fourth-order valence-electron chi connectivity index (χ4n) is 2.79. The molecule has 3 N–H and O–H groups in total. The van der Waals surface area contributed by atoms with Crippen molar-refractivity contribution in [2.75, 3.05) is 0 Å². The van der Waals surface area contributed by atoms with E-state index >= 15 is 0 Å². The van der Waals surface area contributed by atoms with Crippen molar-refractivity contribution in [3.05, 3.63) is 23.8 Å². The average Bonchev–Trinajstić information content (AvgIpc) is 2.82. The van der Waals surface area contributed by atoms with E-state index in [1.165, 1.54) is 12.8 Å². The van der Waals surface area contributed by atoms with Gasteiger partial charge in [0.05, 0.1) is 0 Å². The van der Waals surface area contributed by atoms with E-state index in [-0.39, 0.29) is 17.4 Å². The lowest BCUT2D eigenvalue weighted by Crippen LogP contribution is -2.23. The Hall–Kier alpha value is -1.22. The van der Waals surface area contributed by atoms with Gasteiger partial charge in [-0.3, -0.25) is 0 Å². The van der Waals surface area contributed by atoms with E-state index in [2.05, 4.69) is 0 Å². The molecule has 0 heterocycles. The van der Waals surface area contributed by atoms with E-state index in [0.29, 0.717) is 5.92 Å². The first-order valence-corrected chi connectivity index (χ1v) is 7.14. The van der Waals surface area contributed by atoms with Crippen LogP contribution in [0.4, 0.5) is 0 Å². The molecule has 106 valence electrons. The number of rotatable bonds is 3. The minimum Gasteiger partial charge on any atom is -0.508 e. The molecule has 1 aliphatic rings.